The van der Waals surface area contributed by atoms with Crippen molar-refractivity contribution >= 4 is 17.6 Å². The summed E-state index contributed by atoms with van der Waals surface area (Å²) >= 11 is 0. The lowest BCUT2D eigenvalue weighted by Crippen LogP contribution is -2.28. The van der Waals surface area contributed by atoms with Gasteiger partial charge in [0.1, 0.15) is 11.8 Å². The van der Waals surface area contributed by atoms with E-state index in [9.17, 15) is 14.9 Å². The molecule has 112 valence electrons. The van der Waals surface area contributed by atoms with E-state index in [-0.39, 0.29) is 11.5 Å². The first kappa shape index (κ1) is 15.9. The van der Waals surface area contributed by atoms with Crippen molar-refractivity contribution in [1.29, 1.82) is 0 Å². The Morgan fingerprint density at radius 1 is 1.55 bits per heavy atom. The van der Waals surface area contributed by atoms with E-state index < -0.39 is 16.6 Å². The van der Waals surface area contributed by atoms with Gasteiger partial charge in [-0.05, 0) is 27.2 Å². The molecule has 0 fully saturated rings. The van der Waals surface area contributed by atoms with E-state index in [1.807, 2.05) is 6.92 Å². The van der Waals surface area contributed by atoms with Crippen molar-refractivity contribution in [2.45, 2.75) is 52.7 Å². The molecule has 0 aliphatic rings. The molecule has 8 nitrogen and oxygen atoms in total. The number of nitrogens with one attached hydrogen (secondary N) is 1. The Kier molecular flexibility index (Phi) is 5.06. The molecule has 1 aromatic heterocycles. The maximum atomic E-state index is 11.7. The Hall–Kier alpha value is -2.12. The summed E-state index contributed by atoms with van der Waals surface area (Å²) in [6.07, 6.45) is 2.11. The number of carbonyl (C=O) groups excluding carboxylic acids is 1. The molecule has 0 bridgehead atoms. The molecule has 8 heteroatoms. The van der Waals surface area contributed by atoms with Crippen molar-refractivity contribution < 1.29 is 14.5 Å². The van der Waals surface area contributed by atoms with E-state index in [1.165, 1.54) is 4.68 Å². The number of ether oxygens (including phenoxy) is 1. The summed E-state index contributed by atoms with van der Waals surface area (Å²) in [6, 6.07) is 0. The van der Waals surface area contributed by atoms with Gasteiger partial charge in [0.05, 0.1) is 4.92 Å². The fourth-order valence-corrected chi connectivity index (χ4v) is 1.52. The van der Waals surface area contributed by atoms with Crippen LogP contribution in [0.5, 0.6) is 0 Å². The Bertz CT molecular complexity index is 490. The van der Waals surface area contributed by atoms with Crippen molar-refractivity contribution in [3.8, 4) is 0 Å². The minimum atomic E-state index is -0.737. The van der Waals surface area contributed by atoms with Crippen molar-refractivity contribution in [2.75, 3.05) is 5.32 Å². The first-order valence-electron chi connectivity index (χ1n) is 6.44. The molecule has 1 heterocycles. The van der Waals surface area contributed by atoms with E-state index >= 15 is 0 Å². The zero-order valence-corrected chi connectivity index (χ0v) is 12.2. The number of amides is 1. The molecule has 1 amide bonds. The second kappa shape index (κ2) is 6.36. The first-order valence-corrected chi connectivity index (χ1v) is 6.44. The molecule has 1 N–H and O–H groups in total. The monoisotopic (exact) mass is 284 g/mol. The lowest BCUT2D eigenvalue weighted by Gasteiger charge is -2.19. The van der Waals surface area contributed by atoms with Gasteiger partial charge in [-0.3, -0.25) is 15.4 Å². The number of anilines is 1. The number of aryl methyl sites for hydroxylation is 1. The van der Waals surface area contributed by atoms with Crippen LogP contribution in [0.1, 0.15) is 40.5 Å². The zero-order valence-electron chi connectivity index (χ0n) is 12.2. The number of unbranched alkanes of at least 4 members (excludes halogenated alkanes) is 1. The molecule has 0 saturated heterocycles. The van der Waals surface area contributed by atoms with E-state index in [0.717, 1.165) is 19.0 Å². The highest BCUT2D eigenvalue weighted by Gasteiger charge is 2.24. The van der Waals surface area contributed by atoms with Crippen molar-refractivity contribution in [3.63, 3.8) is 0 Å². The van der Waals surface area contributed by atoms with Gasteiger partial charge in [0.15, 0.2) is 0 Å². The van der Waals surface area contributed by atoms with Crippen LogP contribution in [0.25, 0.3) is 0 Å². The van der Waals surface area contributed by atoms with Crippen LogP contribution in [-0.2, 0) is 11.3 Å². The molecule has 20 heavy (non-hydrogen) atoms. The maximum absolute atomic E-state index is 11.7. The molecule has 1 aromatic rings. The van der Waals surface area contributed by atoms with E-state index in [4.69, 9.17) is 4.74 Å². The number of hydrogen-bond acceptors (Lipinski definition) is 5. The summed E-state index contributed by atoms with van der Waals surface area (Å²) in [5.41, 5.74) is -0.917. The van der Waals surface area contributed by atoms with E-state index in [2.05, 4.69) is 10.4 Å². The largest absolute Gasteiger partial charge is 0.444 e. The lowest BCUT2D eigenvalue weighted by molar-refractivity contribution is -0.384. The number of aromatic nitrogens is 2. The molecule has 0 aliphatic heterocycles. The van der Waals surface area contributed by atoms with E-state index in [1.54, 1.807) is 20.8 Å². The SMILES string of the molecule is CCCCn1ncc([N+](=O)[O-])c1NC(=O)OC(C)(C)C. The second-order valence-corrected chi connectivity index (χ2v) is 5.34. The Morgan fingerprint density at radius 3 is 2.70 bits per heavy atom. The van der Waals surface area contributed by atoms with E-state index in [0.29, 0.717) is 6.54 Å². The number of nitrogens with zero attached hydrogens (tertiary/aromatic N) is 3. The summed E-state index contributed by atoms with van der Waals surface area (Å²) in [6.45, 7) is 7.65. The maximum Gasteiger partial charge on any atom is 0.413 e. The molecule has 1 rings (SSSR count). The predicted octanol–water partition coefficient (Wildman–Crippen LogP) is 2.94. The van der Waals surface area contributed by atoms with Gasteiger partial charge in [-0.15, -0.1) is 0 Å². The molecule has 0 aliphatic carbocycles. The van der Waals surface area contributed by atoms with Crippen LogP contribution in [0.3, 0.4) is 0 Å². The molecular formula is C12H20N4O4. The van der Waals surface area contributed by atoms with Crippen molar-refractivity contribution in [3.05, 3.63) is 16.3 Å². The summed E-state index contributed by atoms with van der Waals surface area (Å²) in [4.78, 5) is 22.1. The summed E-state index contributed by atoms with van der Waals surface area (Å²) < 4.78 is 6.50. The normalized spacial score (nSPS) is 11.2. The predicted molar refractivity (Wildman–Crippen MR) is 73.6 cm³/mol. The van der Waals surface area contributed by atoms with Gasteiger partial charge < -0.3 is 4.74 Å². The number of rotatable bonds is 5. The molecule has 0 saturated carbocycles. The van der Waals surface area contributed by atoms with Crippen molar-refractivity contribution in [1.82, 2.24) is 9.78 Å². The standard InChI is InChI=1S/C12H20N4O4/c1-5-6-7-15-10(9(8-13-15)16(18)19)14-11(17)20-12(2,3)4/h8H,5-7H2,1-4H3,(H,14,17). The Balaban J connectivity index is 2.92. The minimum Gasteiger partial charge on any atom is -0.444 e. The van der Waals surface area contributed by atoms with Crippen LogP contribution >= 0.6 is 0 Å². The van der Waals surface area contributed by atoms with Gasteiger partial charge >= 0.3 is 11.8 Å². The average Bonchev–Trinajstić information content (AvgIpc) is 2.66. The Labute approximate surface area is 117 Å². The molecule has 0 unspecified atom stereocenters. The number of hydrogen-bond donors (Lipinski definition) is 1. The molecule has 0 spiro atoms. The van der Waals surface area contributed by atoms with Crippen molar-refractivity contribution in [2.24, 2.45) is 0 Å². The van der Waals surface area contributed by atoms with Gasteiger partial charge in [0, 0.05) is 6.54 Å². The summed E-state index contributed by atoms with van der Waals surface area (Å²) in [7, 11) is 0. The third-order valence-corrected chi connectivity index (χ3v) is 2.36. The quantitative estimate of drug-likeness (QED) is 0.662. The smallest absolute Gasteiger partial charge is 0.413 e. The molecule has 0 radical (unpaired) electrons. The third kappa shape index (κ3) is 4.52. The third-order valence-electron chi connectivity index (χ3n) is 2.36. The second-order valence-electron chi connectivity index (χ2n) is 5.34. The zero-order chi connectivity index (χ0) is 15.3. The first-order chi connectivity index (χ1) is 9.24. The fraction of sp³-hybridized carbons (Fsp3) is 0.667. The van der Waals surface area contributed by atoms with Gasteiger partial charge in [0.2, 0.25) is 5.82 Å². The molecular weight excluding hydrogens is 264 g/mol. The van der Waals surface area contributed by atoms with Crippen LogP contribution in [-0.4, -0.2) is 26.4 Å². The topological polar surface area (TPSA) is 99.3 Å². The number of nitro groups is 1. The highest BCUT2D eigenvalue weighted by atomic mass is 16.6. The average molecular weight is 284 g/mol. The lowest BCUT2D eigenvalue weighted by atomic mass is 10.2. The van der Waals surface area contributed by atoms with Gasteiger partial charge in [0.25, 0.3) is 0 Å². The van der Waals surface area contributed by atoms with Crippen LogP contribution in [0.4, 0.5) is 16.3 Å². The Morgan fingerprint density at radius 2 is 2.20 bits per heavy atom. The summed E-state index contributed by atoms with van der Waals surface area (Å²) in [5, 5.41) is 17.3. The van der Waals surface area contributed by atoms with Gasteiger partial charge in [-0.25, -0.2) is 9.48 Å². The number of carbonyl (C=O) groups is 1. The molecule has 0 atom stereocenters. The fourth-order valence-electron chi connectivity index (χ4n) is 1.52. The highest BCUT2D eigenvalue weighted by molar-refractivity contribution is 5.86. The van der Waals surface area contributed by atoms with Crippen LogP contribution in [0.2, 0.25) is 0 Å². The van der Waals surface area contributed by atoms with Gasteiger partial charge in [-0.1, -0.05) is 13.3 Å². The highest BCUT2D eigenvalue weighted by Crippen LogP contribution is 2.24. The van der Waals surface area contributed by atoms with Crippen LogP contribution in [0.15, 0.2) is 6.20 Å². The minimum absolute atomic E-state index is 0.0534. The molecule has 0 aromatic carbocycles. The van der Waals surface area contributed by atoms with Crippen LogP contribution < -0.4 is 5.32 Å². The van der Waals surface area contributed by atoms with Crippen LogP contribution in [0, 0.1) is 10.1 Å². The summed E-state index contributed by atoms with van der Waals surface area (Å²) in [5.74, 6) is 0.0534. The van der Waals surface area contributed by atoms with Gasteiger partial charge in [-0.2, -0.15) is 5.10 Å².